The molecule has 2 aliphatic rings. The van der Waals surface area contributed by atoms with Crippen LogP contribution in [0.5, 0.6) is 0 Å². The monoisotopic (exact) mass is 138 g/mol. The lowest BCUT2D eigenvalue weighted by atomic mass is 10.3. The number of rotatable bonds is 0. The number of allylic oxidation sites excluding steroid dienone is 2. The third kappa shape index (κ3) is 0.744. The molecular weight excluding hydrogens is 128 g/mol. The second kappa shape index (κ2) is 1.94. The summed E-state index contributed by atoms with van der Waals surface area (Å²) >= 11 is 0. The summed E-state index contributed by atoms with van der Waals surface area (Å²) in [5.74, 6) is 1.59. The summed E-state index contributed by atoms with van der Waals surface area (Å²) in [5.41, 5.74) is 0. The standard InChI is InChI=1S/C7H10N2O/c10-6-1-2-7-8-3-4-9(7)5-6/h1-2,8,10H,3-5H2. The maximum Gasteiger partial charge on any atom is 0.112 e. The van der Waals surface area contributed by atoms with Gasteiger partial charge in [-0.3, -0.25) is 0 Å². The van der Waals surface area contributed by atoms with Crippen molar-refractivity contribution in [2.45, 2.75) is 0 Å². The molecule has 1 saturated heterocycles. The molecule has 0 unspecified atom stereocenters. The molecule has 3 nitrogen and oxygen atoms in total. The summed E-state index contributed by atoms with van der Waals surface area (Å²) in [4.78, 5) is 2.12. The number of aliphatic hydroxyl groups is 1. The first-order valence-corrected chi connectivity index (χ1v) is 3.45. The Morgan fingerprint density at radius 1 is 1.50 bits per heavy atom. The molecule has 0 aliphatic carbocycles. The SMILES string of the molecule is OC1=CC=C2NCCN2C1. The van der Waals surface area contributed by atoms with Crippen LogP contribution in [0.3, 0.4) is 0 Å². The van der Waals surface area contributed by atoms with Gasteiger partial charge in [0.2, 0.25) is 0 Å². The smallest absolute Gasteiger partial charge is 0.112 e. The Kier molecular flexibility index (Phi) is 1.09. The minimum absolute atomic E-state index is 0.451. The fourth-order valence-corrected chi connectivity index (χ4v) is 1.30. The lowest BCUT2D eigenvalue weighted by Crippen LogP contribution is -2.24. The van der Waals surface area contributed by atoms with Gasteiger partial charge in [0.15, 0.2) is 0 Å². The Morgan fingerprint density at radius 2 is 2.40 bits per heavy atom. The number of hydrogen-bond acceptors (Lipinski definition) is 3. The van der Waals surface area contributed by atoms with Crippen molar-refractivity contribution in [3.05, 3.63) is 23.7 Å². The summed E-state index contributed by atoms with van der Waals surface area (Å²) in [7, 11) is 0. The average molecular weight is 138 g/mol. The molecule has 1 fully saturated rings. The molecule has 0 bridgehead atoms. The van der Waals surface area contributed by atoms with E-state index in [9.17, 15) is 0 Å². The predicted molar refractivity (Wildman–Crippen MR) is 38.4 cm³/mol. The van der Waals surface area contributed by atoms with Crippen LogP contribution in [0.2, 0.25) is 0 Å². The van der Waals surface area contributed by atoms with Crippen LogP contribution in [0.15, 0.2) is 23.7 Å². The van der Waals surface area contributed by atoms with Gasteiger partial charge in [0, 0.05) is 13.1 Å². The third-order valence-electron chi connectivity index (χ3n) is 1.81. The van der Waals surface area contributed by atoms with E-state index in [1.54, 1.807) is 6.08 Å². The Labute approximate surface area is 59.6 Å². The summed E-state index contributed by atoms with van der Waals surface area (Å²) < 4.78 is 0. The molecule has 54 valence electrons. The van der Waals surface area contributed by atoms with Crippen LogP contribution >= 0.6 is 0 Å². The highest BCUT2D eigenvalue weighted by atomic mass is 16.3. The van der Waals surface area contributed by atoms with Crippen LogP contribution in [0.1, 0.15) is 0 Å². The van der Waals surface area contributed by atoms with Gasteiger partial charge in [0.1, 0.15) is 11.6 Å². The first-order valence-electron chi connectivity index (χ1n) is 3.45. The van der Waals surface area contributed by atoms with Crippen molar-refractivity contribution in [3.63, 3.8) is 0 Å². The van der Waals surface area contributed by atoms with Gasteiger partial charge in [-0.05, 0) is 12.2 Å². The highest BCUT2D eigenvalue weighted by Gasteiger charge is 2.18. The van der Waals surface area contributed by atoms with Gasteiger partial charge >= 0.3 is 0 Å². The number of nitrogens with one attached hydrogen (secondary N) is 1. The Balaban J connectivity index is 2.22. The highest BCUT2D eigenvalue weighted by Crippen LogP contribution is 2.13. The van der Waals surface area contributed by atoms with Crippen molar-refractivity contribution in [2.24, 2.45) is 0 Å². The number of aliphatic hydroxyl groups excluding tert-OH is 1. The van der Waals surface area contributed by atoms with E-state index < -0.39 is 0 Å². The second-order valence-electron chi connectivity index (χ2n) is 2.56. The summed E-state index contributed by atoms with van der Waals surface area (Å²) in [6, 6.07) is 0. The van der Waals surface area contributed by atoms with Crippen LogP contribution < -0.4 is 5.32 Å². The molecule has 2 heterocycles. The summed E-state index contributed by atoms with van der Waals surface area (Å²) in [6.07, 6.45) is 3.65. The van der Waals surface area contributed by atoms with Gasteiger partial charge < -0.3 is 15.3 Å². The topological polar surface area (TPSA) is 35.5 Å². The zero-order valence-corrected chi connectivity index (χ0v) is 5.67. The van der Waals surface area contributed by atoms with Crippen molar-refractivity contribution >= 4 is 0 Å². The molecule has 0 saturated carbocycles. The van der Waals surface area contributed by atoms with E-state index in [-0.39, 0.29) is 0 Å². The van der Waals surface area contributed by atoms with Gasteiger partial charge in [0.05, 0.1) is 6.54 Å². The fourth-order valence-electron chi connectivity index (χ4n) is 1.30. The lowest BCUT2D eigenvalue weighted by molar-refractivity contribution is 0.313. The van der Waals surface area contributed by atoms with Crippen molar-refractivity contribution in [1.82, 2.24) is 10.2 Å². The average Bonchev–Trinajstić information content (AvgIpc) is 2.33. The zero-order valence-electron chi connectivity index (χ0n) is 5.67. The van der Waals surface area contributed by atoms with Crippen LogP contribution in [0.25, 0.3) is 0 Å². The molecule has 0 spiro atoms. The molecule has 0 amide bonds. The van der Waals surface area contributed by atoms with Crippen molar-refractivity contribution < 1.29 is 5.11 Å². The van der Waals surface area contributed by atoms with Crippen molar-refractivity contribution in [1.29, 1.82) is 0 Å². The largest absolute Gasteiger partial charge is 0.510 e. The highest BCUT2D eigenvalue weighted by molar-refractivity contribution is 5.21. The maximum atomic E-state index is 9.10. The molecule has 0 radical (unpaired) electrons. The molecule has 10 heavy (non-hydrogen) atoms. The fraction of sp³-hybridized carbons (Fsp3) is 0.429. The quantitative estimate of drug-likeness (QED) is 0.501. The molecule has 2 rings (SSSR count). The molecule has 2 aliphatic heterocycles. The Bertz CT molecular complexity index is 208. The van der Waals surface area contributed by atoms with Gasteiger partial charge in [-0.15, -0.1) is 0 Å². The second-order valence-corrected chi connectivity index (χ2v) is 2.56. The van der Waals surface area contributed by atoms with E-state index in [4.69, 9.17) is 5.11 Å². The molecule has 3 heteroatoms. The van der Waals surface area contributed by atoms with Gasteiger partial charge in [-0.25, -0.2) is 0 Å². The molecule has 0 aromatic carbocycles. The minimum atomic E-state index is 0.451. The van der Waals surface area contributed by atoms with Crippen LogP contribution in [-0.4, -0.2) is 29.6 Å². The first-order chi connectivity index (χ1) is 4.86. The van der Waals surface area contributed by atoms with Crippen LogP contribution in [-0.2, 0) is 0 Å². The van der Waals surface area contributed by atoms with E-state index in [2.05, 4.69) is 10.2 Å². The van der Waals surface area contributed by atoms with Gasteiger partial charge in [-0.2, -0.15) is 0 Å². The number of fused-ring (bicyclic) bond motifs is 1. The molecule has 0 atom stereocenters. The molecule has 0 aromatic heterocycles. The van der Waals surface area contributed by atoms with Crippen LogP contribution in [0.4, 0.5) is 0 Å². The lowest BCUT2D eigenvalue weighted by Gasteiger charge is -2.20. The summed E-state index contributed by atoms with van der Waals surface area (Å²) in [6.45, 7) is 2.66. The summed E-state index contributed by atoms with van der Waals surface area (Å²) in [5, 5.41) is 12.3. The van der Waals surface area contributed by atoms with Crippen molar-refractivity contribution in [2.75, 3.05) is 19.6 Å². The maximum absolute atomic E-state index is 9.10. The van der Waals surface area contributed by atoms with Gasteiger partial charge in [0.25, 0.3) is 0 Å². The molecule has 2 N–H and O–H groups in total. The zero-order chi connectivity index (χ0) is 6.97. The Hall–Kier alpha value is -1.12. The van der Waals surface area contributed by atoms with E-state index in [1.165, 1.54) is 0 Å². The van der Waals surface area contributed by atoms with Gasteiger partial charge in [-0.1, -0.05) is 0 Å². The van der Waals surface area contributed by atoms with E-state index in [0.29, 0.717) is 12.3 Å². The van der Waals surface area contributed by atoms with Crippen molar-refractivity contribution in [3.8, 4) is 0 Å². The number of nitrogens with zero attached hydrogens (tertiary/aromatic N) is 1. The first kappa shape index (κ1) is 5.65. The van der Waals surface area contributed by atoms with E-state index in [1.807, 2.05) is 6.08 Å². The van der Waals surface area contributed by atoms with E-state index in [0.717, 1.165) is 18.9 Å². The Morgan fingerprint density at radius 3 is 3.30 bits per heavy atom. The number of hydrogen-bond donors (Lipinski definition) is 2. The minimum Gasteiger partial charge on any atom is -0.510 e. The van der Waals surface area contributed by atoms with Crippen LogP contribution in [0, 0.1) is 0 Å². The molecule has 0 aromatic rings. The van der Waals surface area contributed by atoms with E-state index >= 15 is 0 Å². The predicted octanol–water partition coefficient (Wildman–Crippen LogP) is 0.188. The molecular formula is C7H10N2O. The normalized spacial score (nSPS) is 23.0. The third-order valence-corrected chi connectivity index (χ3v) is 1.81.